The molecule has 0 fully saturated rings. The van der Waals surface area contributed by atoms with Gasteiger partial charge in [0.05, 0.1) is 0 Å². The van der Waals surface area contributed by atoms with E-state index in [4.69, 9.17) is 0 Å². The third kappa shape index (κ3) is 8.36. The van der Waals surface area contributed by atoms with Crippen LogP contribution in [0.4, 0.5) is 0 Å². The predicted molar refractivity (Wildman–Crippen MR) is 88.9 cm³/mol. The van der Waals surface area contributed by atoms with Crippen LogP contribution in [0.2, 0.25) is 0 Å². The molecule has 0 saturated carbocycles. The molecule has 1 heteroatoms. The van der Waals surface area contributed by atoms with Gasteiger partial charge in [-0.25, -0.2) is 0 Å². The summed E-state index contributed by atoms with van der Waals surface area (Å²) in [5.41, 5.74) is 3.89. The van der Waals surface area contributed by atoms with Gasteiger partial charge in [-0.05, 0) is 58.3 Å². The summed E-state index contributed by atoms with van der Waals surface area (Å²) in [6, 6.07) is 0.354. The normalized spacial score (nSPS) is 15.2. The lowest BCUT2D eigenvalue weighted by Gasteiger charge is -2.03. The van der Waals surface area contributed by atoms with Crippen molar-refractivity contribution in [3.63, 3.8) is 0 Å². The number of hydrogen-bond donors (Lipinski definition) is 0. The van der Waals surface area contributed by atoms with Gasteiger partial charge in [-0.1, -0.05) is 43.2 Å². The Hall–Kier alpha value is -1.37. The quantitative estimate of drug-likeness (QED) is 0.413. The molecular formula is C18H29N. The molecule has 0 aromatic heterocycles. The van der Waals surface area contributed by atoms with Gasteiger partial charge < -0.3 is 0 Å². The van der Waals surface area contributed by atoms with Crippen LogP contribution in [0.3, 0.4) is 0 Å². The van der Waals surface area contributed by atoms with Gasteiger partial charge in [0.2, 0.25) is 0 Å². The van der Waals surface area contributed by atoms with E-state index in [9.17, 15) is 0 Å². The van der Waals surface area contributed by atoms with Crippen LogP contribution in [0.1, 0.15) is 54.4 Å². The van der Waals surface area contributed by atoms with Gasteiger partial charge in [0, 0.05) is 12.3 Å². The first-order valence-electron chi connectivity index (χ1n) is 7.25. The lowest BCUT2D eigenvalue weighted by atomic mass is 10.0. The molecule has 0 aromatic rings. The van der Waals surface area contributed by atoms with E-state index in [1.807, 2.05) is 6.21 Å². The van der Waals surface area contributed by atoms with Crippen molar-refractivity contribution in [3.05, 3.63) is 47.1 Å². The molecule has 0 unspecified atom stereocenters. The van der Waals surface area contributed by atoms with Crippen molar-refractivity contribution in [3.8, 4) is 0 Å². The second kappa shape index (κ2) is 10.5. The van der Waals surface area contributed by atoms with E-state index in [1.54, 1.807) is 0 Å². The Kier molecular flexibility index (Phi) is 9.78. The topological polar surface area (TPSA) is 12.4 Å². The zero-order valence-electron chi connectivity index (χ0n) is 13.4. The van der Waals surface area contributed by atoms with Crippen LogP contribution in [0.5, 0.6) is 0 Å². The van der Waals surface area contributed by atoms with Gasteiger partial charge in [-0.15, -0.1) is 0 Å². The van der Waals surface area contributed by atoms with Gasteiger partial charge in [0.15, 0.2) is 0 Å². The Morgan fingerprint density at radius 3 is 2.26 bits per heavy atom. The first-order chi connectivity index (χ1) is 9.04. The molecule has 0 spiro atoms. The maximum atomic E-state index is 4.36. The zero-order chi connectivity index (χ0) is 14.7. The second-order valence-corrected chi connectivity index (χ2v) is 4.93. The molecule has 0 saturated heterocycles. The van der Waals surface area contributed by atoms with Crippen molar-refractivity contribution in [1.29, 1.82) is 0 Å². The molecule has 1 nitrogen and oxygen atoms in total. The lowest BCUT2D eigenvalue weighted by molar-refractivity contribution is 0.841. The first-order valence-corrected chi connectivity index (χ1v) is 7.25. The lowest BCUT2D eigenvalue weighted by Crippen LogP contribution is -1.88. The third-order valence-corrected chi connectivity index (χ3v) is 2.86. The van der Waals surface area contributed by atoms with Crippen molar-refractivity contribution in [1.82, 2.24) is 0 Å². The van der Waals surface area contributed by atoms with Crippen LogP contribution in [-0.2, 0) is 0 Å². The largest absolute Gasteiger partial charge is 0.290 e. The van der Waals surface area contributed by atoms with E-state index in [0.717, 1.165) is 6.42 Å². The first kappa shape index (κ1) is 17.6. The highest BCUT2D eigenvalue weighted by molar-refractivity contribution is 5.74. The van der Waals surface area contributed by atoms with Crippen molar-refractivity contribution >= 4 is 6.21 Å². The van der Waals surface area contributed by atoms with E-state index >= 15 is 0 Å². The van der Waals surface area contributed by atoms with Crippen LogP contribution in [-0.4, -0.2) is 12.3 Å². The van der Waals surface area contributed by atoms with E-state index in [1.165, 1.54) is 23.1 Å². The number of aliphatic imine (C=N–C) groups is 1. The molecular weight excluding hydrogens is 230 g/mol. The minimum absolute atomic E-state index is 0.354. The highest BCUT2D eigenvalue weighted by atomic mass is 14.7. The fourth-order valence-corrected chi connectivity index (χ4v) is 1.69. The Morgan fingerprint density at radius 2 is 1.79 bits per heavy atom. The molecule has 0 aliphatic rings. The summed E-state index contributed by atoms with van der Waals surface area (Å²) in [5, 5.41) is 0. The summed E-state index contributed by atoms with van der Waals surface area (Å²) in [4.78, 5) is 4.36. The second-order valence-electron chi connectivity index (χ2n) is 4.93. The zero-order valence-corrected chi connectivity index (χ0v) is 13.4. The van der Waals surface area contributed by atoms with Crippen LogP contribution >= 0.6 is 0 Å². The van der Waals surface area contributed by atoms with Gasteiger partial charge in [0.1, 0.15) is 0 Å². The van der Waals surface area contributed by atoms with Crippen molar-refractivity contribution in [2.45, 2.75) is 60.4 Å². The third-order valence-electron chi connectivity index (χ3n) is 2.86. The Morgan fingerprint density at radius 1 is 1.11 bits per heavy atom. The monoisotopic (exact) mass is 259 g/mol. The highest BCUT2D eigenvalue weighted by Gasteiger charge is 1.95. The van der Waals surface area contributed by atoms with E-state index in [0.29, 0.717) is 6.04 Å². The molecule has 0 aliphatic heterocycles. The SMILES string of the molecule is C\C=C(/C=C\C(=C/C)C(\C)=C\C=NC(C)C)CCC. The van der Waals surface area contributed by atoms with Gasteiger partial charge in [-0.3, -0.25) is 4.99 Å². The summed E-state index contributed by atoms with van der Waals surface area (Å²) in [7, 11) is 0. The average molecular weight is 259 g/mol. The van der Waals surface area contributed by atoms with Crippen LogP contribution in [0.25, 0.3) is 0 Å². The summed E-state index contributed by atoms with van der Waals surface area (Å²) >= 11 is 0. The summed E-state index contributed by atoms with van der Waals surface area (Å²) in [5.74, 6) is 0. The molecule has 0 radical (unpaired) electrons. The maximum absolute atomic E-state index is 4.36. The van der Waals surface area contributed by atoms with Gasteiger partial charge in [-0.2, -0.15) is 0 Å². The van der Waals surface area contributed by atoms with Crippen molar-refractivity contribution < 1.29 is 0 Å². The predicted octanol–water partition coefficient (Wildman–Crippen LogP) is 5.66. The summed E-state index contributed by atoms with van der Waals surface area (Å²) in [6.07, 6.45) is 15.1. The Labute approximate surface area is 119 Å². The van der Waals surface area contributed by atoms with E-state index in [2.05, 4.69) is 76.9 Å². The fraction of sp³-hybridized carbons (Fsp3) is 0.500. The number of rotatable bonds is 7. The molecule has 0 aliphatic carbocycles. The van der Waals surface area contributed by atoms with Crippen molar-refractivity contribution in [2.75, 3.05) is 0 Å². The van der Waals surface area contributed by atoms with Crippen LogP contribution in [0.15, 0.2) is 52.1 Å². The minimum atomic E-state index is 0.354. The van der Waals surface area contributed by atoms with E-state index in [-0.39, 0.29) is 0 Å². The molecule has 0 bridgehead atoms. The molecule has 19 heavy (non-hydrogen) atoms. The number of nitrogens with zero attached hydrogens (tertiary/aromatic N) is 1. The maximum Gasteiger partial charge on any atom is 0.0443 e. The smallest absolute Gasteiger partial charge is 0.0443 e. The standard InChI is InChI=1S/C18H29N/c1-7-10-17(8-2)11-12-18(9-3)16(6)13-14-19-15(4)5/h8-9,11-15H,7,10H2,1-6H3/b12-11-,16-13+,17-8-,18-9+,19-14?. The molecule has 0 rings (SSSR count). The number of allylic oxidation sites excluding steroid dienone is 8. The molecule has 106 valence electrons. The highest BCUT2D eigenvalue weighted by Crippen LogP contribution is 2.14. The molecule has 0 amide bonds. The van der Waals surface area contributed by atoms with Gasteiger partial charge in [0.25, 0.3) is 0 Å². The van der Waals surface area contributed by atoms with Crippen LogP contribution < -0.4 is 0 Å². The summed E-state index contributed by atoms with van der Waals surface area (Å²) in [6.45, 7) is 12.7. The molecule has 0 atom stereocenters. The fourth-order valence-electron chi connectivity index (χ4n) is 1.69. The van der Waals surface area contributed by atoms with Gasteiger partial charge >= 0.3 is 0 Å². The van der Waals surface area contributed by atoms with Crippen molar-refractivity contribution in [2.24, 2.45) is 4.99 Å². The van der Waals surface area contributed by atoms with E-state index < -0.39 is 0 Å². The summed E-state index contributed by atoms with van der Waals surface area (Å²) < 4.78 is 0. The number of hydrogen-bond acceptors (Lipinski definition) is 1. The Balaban J connectivity index is 4.81. The van der Waals surface area contributed by atoms with Crippen LogP contribution in [0, 0.1) is 0 Å². The average Bonchev–Trinajstić information content (AvgIpc) is 2.37. The molecule has 0 N–H and O–H groups in total. The molecule has 0 heterocycles. The Bertz CT molecular complexity index is 390. The molecule has 0 aromatic carbocycles. The minimum Gasteiger partial charge on any atom is -0.290 e.